The molecule has 6 nitrogen and oxygen atoms in total. The number of ether oxygens (including phenoxy) is 1. The summed E-state index contributed by atoms with van der Waals surface area (Å²) < 4.78 is 69.3. The second-order valence-electron chi connectivity index (χ2n) is 7.58. The number of amides is 1. The zero-order valence-electron chi connectivity index (χ0n) is 18.1. The number of aryl methyl sites for hydroxylation is 1. The smallest absolute Gasteiger partial charge is 0.416 e. The van der Waals surface area contributed by atoms with Crippen molar-refractivity contribution in [2.75, 3.05) is 23.7 Å². The van der Waals surface area contributed by atoms with Crippen LogP contribution in [0.4, 0.5) is 18.9 Å². The first-order chi connectivity index (χ1) is 14.9. The molecule has 176 valence electrons. The van der Waals surface area contributed by atoms with Crippen molar-refractivity contribution in [3.63, 3.8) is 0 Å². The van der Waals surface area contributed by atoms with E-state index < -0.39 is 34.2 Å². The first-order valence-corrected chi connectivity index (χ1v) is 11.9. The molecule has 0 unspecified atom stereocenters. The minimum atomic E-state index is -4.62. The van der Waals surface area contributed by atoms with Crippen molar-refractivity contribution in [1.29, 1.82) is 0 Å². The van der Waals surface area contributed by atoms with E-state index in [2.05, 4.69) is 5.32 Å². The Bertz CT molecular complexity index is 1010. The Morgan fingerprint density at radius 2 is 1.78 bits per heavy atom. The topological polar surface area (TPSA) is 75.7 Å². The molecule has 0 bridgehead atoms. The monoisotopic (exact) mass is 472 g/mol. The Morgan fingerprint density at radius 3 is 2.34 bits per heavy atom. The van der Waals surface area contributed by atoms with Gasteiger partial charge in [0.15, 0.2) is 0 Å². The Hall–Kier alpha value is -2.75. The van der Waals surface area contributed by atoms with Crippen molar-refractivity contribution in [2.45, 2.75) is 39.0 Å². The maximum atomic E-state index is 13.0. The van der Waals surface area contributed by atoms with Gasteiger partial charge in [-0.15, -0.1) is 0 Å². The minimum absolute atomic E-state index is 0.0819. The van der Waals surface area contributed by atoms with Gasteiger partial charge in [0.1, 0.15) is 12.3 Å². The van der Waals surface area contributed by atoms with Gasteiger partial charge in [0.2, 0.25) is 15.9 Å². The van der Waals surface area contributed by atoms with Gasteiger partial charge in [-0.25, -0.2) is 8.42 Å². The van der Waals surface area contributed by atoms with E-state index in [1.165, 1.54) is 6.07 Å². The summed E-state index contributed by atoms with van der Waals surface area (Å²) in [7, 11) is -3.97. The van der Waals surface area contributed by atoms with Crippen LogP contribution in [0.2, 0.25) is 0 Å². The Morgan fingerprint density at radius 1 is 1.12 bits per heavy atom. The summed E-state index contributed by atoms with van der Waals surface area (Å²) in [6.07, 6.45) is -2.41. The molecule has 0 fully saturated rings. The van der Waals surface area contributed by atoms with E-state index in [4.69, 9.17) is 4.74 Å². The lowest BCUT2D eigenvalue weighted by Crippen LogP contribution is -2.40. The molecule has 0 saturated carbocycles. The predicted octanol–water partition coefficient (Wildman–Crippen LogP) is 4.01. The molecule has 32 heavy (non-hydrogen) atoms. The van der Waals surface area contributed by atoms with Crippen LogP contribution in [0.5, 0.6) is 5.75 Å². The molecule has 0 radical (unpaired) electrons. The van der Waals surface area contributed by atoms with Gasteiger partial charge in [0.25, 0.3) is 0 Å². The van der Waals surface area contributed by atoms with E-state index in [1.807, 2.05) is 38.1 Å². The summed E-state index contributed by atoms with van der Waals surface area (Å²) in [5.74, 6) is 0.168. The summed E-state index contributed by atoms with van der Waals surface area (Å²) in [6.45, 7) is 3.56. The number of alkyl halides is 3. The number of rotatable bonds is 10. The molecule has 2 aromatic carbocycles. The summed E-state index contributed by atoms with van der Waals surface area (Å²) in [4.78, 5) is 12.3. The van der Waals surface area contributed by atoms with Crippen molar-refractivity contribution in [3.05, 3.63) is 59.7 Å². The fourth-order valence-corrected chi connectivity index (χ4v) is 3.80. The van der Waals surface area contributed by atoms with Gasteiger partial charge in [-0.3, -0.25) is 9.10 Å². The van der Waals surface area contributed by atoms with E-state index in [1.54, 1.807) is 0 Å². The van der Waals surface area contributed by atoms with E-state index in [0.717, 1.165) is 29.7 Å². The lowest BCUT2D eigenvalue weighted by Gasteiger charge is -2.22. The highest BCUT2D eigenvalue weighted by atomic mass is 32.2. The third kappa shape index (κ3) is 8.07. The van der Waals surface area contributed by atoms with Gasteiger partial charge in [0, 0.05) is 6.54 Å². The van der Waals surface area contributed by atoms with Crippen molar-refractivity contribution in [2.24, 2.45) is 0 Å². The van der Waals surface area contributed by atoms with Crippen LogP contribution in [0, 0.1) is 0 Å². The fourth-order valence-electron chi connectivity index (χ4n) is 2.95. The fraction of sp³-hybridized carbons (Fsp3) is 0.409. The van der Waals surface area contributed by atoms with E-state index in [-0.39, 0.29) is 11.8 Å². The van der Waals surface area contributed by atoms with Crippen LogP contribution in [0.3, 0.4) is 0 Å². The van der Waals surface area contributed by atoms with Crippen LogP contribution < -0.4 is 14.4 Å². The maximum absolute atomic E-state index is 13.0. The summed E-state index contributed by atoms with van der Waals surface area (Å²) in [5, 5.41) is 2.62. The molecular weight excluding hydrogens is 445 g/mol. The van der Waals surface area contributed by atoms with Gasteiger partial charge in [-0.2, -0.15) is 13.2 Å². The highest BCUT2D eigenvalue weighted by Gasteiger charge is 2.31. The number of sulfonamides is 1. The number of anilines is 1. The maximum Gasteiger partial charge on any atom is 0.416 e. The standard InChI is InChI=1S/C22H27F3N2O4S/c1-16(2)31-20-11-9-17(10-12-20)6-5-13-26-21(28)15-27(32(3,29)30)19-8-4-7-18(14-19)22(23,24)25/h4,7-12,14,16H,5-6,13,15H2,1-3H3,(H,26,28). The normalized spacial score (nSPS) is 12.0. The number of nitrogens with one attached hydrogen (secondary N) is 1. The van der Waals surface area contributed by atoms with Crippen LogP contribution in [-0.2, 0) is 27.4 Å². The molecule has 0 spiro atoms. The molecule has 0 aliphatic carbocycles. The lowest BCUT2D eigenvalue weighted by molar-refractivity contribution is -0.137. The van der Waals surface area contributed by atoms with Gasteiger partial charge >= 0.3 is 6.18 Å². The van der Waals surface area contributed by atoms with Gasteiger partial charge in [-0.1, -0.05) is 18.2 Å². The number of carbonyl (C=O) groups is 1. The second kappa shape index (κ2) is 10.7. The molecule has 1 N–H and O–H groups in total. The number of nitrogens with zero attached hydrogens (tertiary/aromatic N) is 1. The third-order valence-electron chi connectivity index (χ3n) is 4.41. The van der Waals surface area contributed by atoms with Crippen LogP contribution in [0.1, 0.15) is 31.4 Å². The van der Waals surface area contributed by atoms with Crippen LogP contribution >= 0.6 is 0 Å². The number of hydrogen-bond acceptors (Lipinski definition) is 4. The first-order valence-electron chi connectivity index (χ1n) is 10.0. The van der Waals surface area contributed by atoms with E-state index >= 15 is 0 Å². The van der Waals surface area contributed by atoms with Crippen LogP contribution in [-0.4, -0.2) is 39.8 Å². The Labute approximate surface area is 186 Å². The Kier molecular flexibility index (Phi) is 8.54. The highest BCUT2D eigenvalue weighted by molar-refractivity contribution is 7.92. The molecule has 0 aliphatic rings. The van der Waals surface area contributed by atoms with Gasteiger partial charge in [0.05, 0.1) is 23.6 Å². The third-order valence-corrected chi connectivity index (χ3v) is 5.55. The van der Waals surface area contributed by atoms with Crippen LogP contribution in [0.25, 0.3) is 0 Å². The number of carbonyl (C=O) groups excluding carboxylic acids is 1. The number of hydrogen-bond donors (Lipinski definition) is 1. The minimum Gasteiger partial charge on any atom is -0.491 e. The molecule has 2 aromatic rings. The Balaban J connectivity index is 1.92. The molecular formula is C22H27F3N2O4S. The first kappa shape index (κ1) is 25.5. The van der Waals surface area contributed by atoms with Gasteiger partial charge < -0.3 is 10.1 Å². The van der Waals surface area contributed by atoms with Crippen molar-refractivity contribution < 1.29 is 31.1 Å². The number of halogens is 3. The summed E-state index contributed by atoms with van der Waals surface area (Å²) >= 11 is 0. The average molecular weight is 473 g/mol. The number of benzene rings is 2. The summed E-state index contributed by atoms with van der Waals surface area (Å²) in [5.41, 5.74) is -0.160. The average Bonchev–Trinajstić information content (AvgIpc) is 2.69. The quantitative estimate of drug-likeness (QED) is 0.531. The molecule has 0 heterocycles. The van der Waals surface area contributed by atoms with Gasteiger partial charge in [-0.05, 0) is 62.6 Å². The SMILES string of the molecule is CC(C)Oc1ccc(CCCNC(=O)CN(c2cccc(C(F)(F)F)c2)S(C)(=O)=O)cc1. The van der Waals surface area contributed by atoms with Crippen molar-refractivity contribution in [1.82, 2.24) is 5.32 Å². The molecule has 10 heteroatoms. The second-order valence-corrected chi connectivity index (χ2v) is 9.49. The predicted molar refractivity (Wildman–Crippen MR) is 117 cm³/mol. The zero-order valence-corrected chi connectivity index (χ0v) is 19.0. The van der Waals surface area contributed by atoms with Crippen LogP contribution in [0.15, 0.2) is 48.5 Å². The van der Waals surface area contributed by atoms with Crippen molar-refractivity contribution in [3.8, 4) is 5.75 Å². The van der Waals surface area contributed by atoms with E-state index in [9.17, 15) is 26.4 Å². The highest BCUT2D eigenvalue weighted by Crippen LogP contribution is 2.32. The molecule has 0 aromatic heterocycles. The summed E-state index contributed by atoms with van der Waals surface area (Å²) in [6, 6.07) is 11.5. The van der Waals surface area contributed by atoms with Crippen molar-refractivity contribution >= 4 is 21.6 Å². The zero-order chi connectivity index (χ0) is 23.9. The molecule has 2 rings (SSSR count). The molecule has 0 saturated heterocycles. The molecule has 0 aliphatic heterocycles. The molecule has 1 amide bonds. The van der Waals surface area contributed by atoms with E-state index in [0.29, 0.717) is 29.8 Å². The largest absolute Gasteiger partial charge is 0.491 e. The lowest BCUT2D eigenvalue weighted by atomic mass is 10.1. The molecule has 0 atom stereocenters.